The zero-order valence-corrected chi connectivity index (χ0v) is 18.4. The van der Waals surface area contributed by atoms with Crippen molar-refractivity contribution < 1.29 is 18.7 Å². The molecule has 156 valence electrons. The number of hydrogen-bond acceptors (Lipinski definition) is 3. The molecule has 0 saturated heterocycles. The van der Waals surface area contributed by atoms with E-state index in [1.807, 2.05) is 13.8 Å². The van der Waals surface area contributed by atoms with Crippen molar-refractivity contribution >= 4 is 27.7 Å². The second-order valence-corrected chi connectivity index (χ2v) is 7.77. The lowest BCUT2D eigenvalue weighted by Gasteiger charge is -2.29. The summed E-state index contributed by atoms with van der Waals surface area (Å²) in [6.07, 6.45) is 0.770. The van der Waals surface area contributed by atoms with Crippen LogP contribution in [0.2, 0.25) is 0 Å². The molecule has 1 N–H and O–H groups in total. The summed E-state index contributed by atoms with van der Waals surface area (Å²) in [4.78, 5) is 26.8. The zero-order valence-electron chi connectivity index (χ0n) is 16.8. The average molecular weight is 465 g/mol. The van der Waals surface area contributed by atoms with Gasteiger partial charge in [0.2, 0.25) is 5.91 Å². The zero-order chi connectivity index (χ0) is 21.4. The van der Waals surface area contributed by atoms with Gasteiger partial charge in [-0.3, -0.25) is 9.59 Å². The first-order valence-corrected chi connectivity index (χ1v) is 10.3. The van der Waals surface area contributed by atoms with Gasteiger partial charge in [-0.25, -0.2) is 4.39 Å². The fourth-order valence-corrected chi connectivity index (χ4v) is 2.88. The molecule has 0 spiro atoms. The molecule has 0 radical (unpaired) electrons. The smallest absolute Gasteiger partial charge is 0.261 e. The van der Waals surface area contributed by atoms with Crippen molar-refractivity contribution in [2.75, 3.05) is 6.61 Å². The predicted octanol–water partition coefficient (Wildman–Crippen LogP) is 4.30. The maximum atomic E-state index is 14.2. The standard InChI is InChI=1S/C22H26BrFN2O3/c1-4-15(2)25-22(28)16(3)26(13-17-7-5-6-8-20(17)24)21(27)14-29-19-11-9-18(23)10-12-19/h5-12,15-16H,4,13-14H2,1-3H3,(H,25,28)/t15-,16-/m0/s1. The molecular formula is C22H26BrFN2O3. The molecule has 0 saturated carbocycles. The Bertz CT molecular complexity index is 829. The van der Waals surface area contributed by atoms with Crippen molar-refractivity contribution in [2.45, 2.75) is 45.8 Å². The molecule has 7 heteroatoms. The molecule has 0 aromatic heterocycles. The third kappa shape index (κ3) is 6.85. The fourth-order valence-electron chi connectivity index (χ4n) is 2.62. The van der Waals surface area contributed by atoms with Crippen LogP contribution in [-0.4, -0.2) is 35.4 Å². The van der Waals surface area contributed by atoms with Gasteiger partial charge in [-0.15, -0.1) is 0 Å². The summed E-state index contributed by atoms with van der Waals surface area (Å²) < 4.78 is 20.6. The Morgan fingerprint density at radius 3 is 2.41 bits per heavy atom. The normalized spacial score (nSPS) is 12.7. The Labute approximate surface area is 179 Å². The Morgan fingerprint density at radius 1 is 1.14 bits per heavy atom. The van der Waals surface area contributed by atoms with Gasteiger partial charge in [-0.05, 0) is 50.6 Å². The van der Waals surface area contributed by atoms with Crippen LogP contribution in [0.3, 0.4) is 0 Å². The van der Waals surface area contributed by atoms with Crippen LogP contribution < -0.4 is 10.1 Å². The lowest BCUT2D eigenvalue weighted by molar-refractivity contribution is -0.142. The van der Waals surface area contributed by atoms with E-state index in [1.165, 1.54) is 11.0 Å². The van der Waals surface area contributed by atoms with Crippen molar-refractivity contribution in [1.82, 2.24) is 10.2 Å². The minimum atomic E-state index is -0.773. The SMILES string of the molecule is CC[C@H](C)NC(=O)[C@H](C)N(Cc1ccccc1F)C(=O)COc1ccc(Br)cc1. The number of ether oxygens (including phenoxy) is 1. The second-order valence-electron chi connectivity index (χ2n) is 6.85. The van der Waals surface area contributed by atoms with E-state index in [1.54, 1.807) is 49.4 Å². The van der Waals surface area contributed by atoms with E-state index < -0.39 is 17.8 Å². The van der Waals surface area contributed by atoms with Crippen molar-refractivity contribution in [3.63, 3.8) is 0 Å². The third-order valence-electron chi connectivity index (χ3n) is 4.64. The highest BCUT2D eigenvalue weighted by Crippen LogP contribution is 2.17. The first kappa shape index (κ1) is 22.9. The quantitative estimate of drug-likeness (QED) is 0.601. The largest absolute Gasteiger partial charge is 0.484 e. The van der Waals surface area contributed by atoms with Gasteiger partial charge in [-0.2, -0.15) is 0 Å². The molecule has 2 rings (SSSR count). The molecule has 0 aliphatic heterocycles. The minimum Gasteiger partial charge on any atom is -0.484 e. The average Bonchev–Trinajstić information content (AvgIpc) is 2.71. The van der Waals surface area contributed by atoms with E-state index in [4.69, 9.17) is 4.74 Å². The number of rotatable bonds is 9. The molecular weight excluding hydrogens is 439 g/mol. The number of benzene rings is 2. The second kappa shape index (κ2) is 11.0. The summed E-state index contributed by atoms with van der Waals surface area (Å²) in [6, 6.07) is 12.5. The van der Waals surface area contributed by atoms with Crippen molar-refractivity contribution in [1.29, 1.82) is 0 Å². The monoisotopic (exact) mass is 464 g/mol. The summed E-state index contributed by atoms with van der Waals surface area (Å²) in [5, 5.41) is 2.87. The first-order chi connectivity index (χ1) is 13.8. The Balaban J connectivity index is 2.15. The van der Waals surface area contributed by atoms with E-state index in [2.05, 4.69) is 21.2 Å². The van der Waals surface area contributed by atoms with E-state index in [0.717, 1.165) is 10.9 Å². The number of hydrogen-bond donors (Lipinski definition) is 1. The van der Waals surface area contributed by atoms with Gasteiger partial charge < -0.3 is 15.0 Å². The lowest BCUT2D eigenvalue weighted by Crippen LogP contribution is -2.50. The Kier molecular flexibility index (Phi) is 8.64. The van der Waals surface area contributed by atoms with Gasteiger partial charge in [0.25, 0.3) is 5.91 Å². The minimum absolute atomic E-state index is 0.0191. The highest BCUT2D eigenvalue weighted by atomic mass is 79.9. The van der Waals surface area contributed by atoms with E-state index in [0.29, 0.717) is 11.3 Å². The molecule has 0 fully saturated rings. The van der Waals surface area contributed by atoms with Crippen LogP contribution in [0.5, 0.6) is 5.75 Å². The molecule has 0 unspecified atom stereocenters. The molecule has 0 heterocycles. The summed E-state index contributed by atoms with van der Waals surface area (Å²) in [6.45, 7) is 5.21. The number of amides is 2. The number of carbonyl (C=O) groups is 2. The van der Waals surface area contributed by atoms with Gasteiger partial charge in [0.15, 0.2) is 6.61 Å². The Hall–Kier alpha value is -2.41. The highest BCUT2D eigenvalue weighted by Gasteiger charge is 2.27. The summed E-state index contributed by atoms with van der Waals surface area (Å²) in [5.41, 5.74) is 0.340. The van der Waals surface area contributed by atoms with Crippen molar-refractivity contribution in [3.05, 3.63) is 64.4 Å². The van der Waals surface area contributed by atoms with Crippen LogP contribution >= 0.6 is 15.9 Å². The fraction of sp³-hybridized carbons (Fsp3) is 0.364. The Morgan fingerprint density at radius 2 is 1.79 bits per heavy atom. The van der Waals surface area contributed by atoms with Crippen LogP contribution in [0.1, 0.15) is 32.8 Å². The molecule has 2 aromatic carbocycles. The van der Waals surface area contributed by atoms with Gasteiger partial charge in [0.05, 0.1) is 0 Å². The maximum absolute atomic E-state index is 14.2. The van der Waals surface area contributed by atoms with Crippen LogP contribution in [0.25, 0.3) is 0 Å². The summed E-state index contributed by atoms with van der Waals surface area (Å²) in [7, 11) is 0. The molecule has 0 bridgehead atoms. The van der Waals surface area contributed by atoms with Crippen LogP contribution in [-0.2, 0) is 16.1 Å². The van der Waals surface area contributed by atoms with Crippen LogP contribution in [0.15, 0.2) is 53.0 Å². The topological polar surface area (TPSA) is 58.6 Å². The number of halogens is 2. The molecule has 2 atom stereocenters. The van der Waals surface area contributed by atoms with Crippen molar-refractivity contribution in [2.24, 2.45) is 0 Å². The van der Waals surface area contributed by atoms with Gasteiger partial charge in [-0.1, -0.05) is 41.1 Å². The number of carbonyl (C=O) groups excluding carboxylic acids is 2. The highest BCUT2D eigenvalue weighted by molar-refractivity contribution is 9.10. The maximum Gasteiger partial charge on any atom is 0.261 e. The van der Waals surface area contributed by atoms with Crippen LogP contribution in [0, 0.1) is 5.82 Å². The first-order valence-electron chi connectivity index (χ1n) is 9.53. The van der Waals surface area contributed by atoms with Crippen LogP contribution in [0.4, 0.5) is 4.39 Å². The molecule has 2 amide bonds. The third-order valence-corrected chi connectivity index (χ3v) is 5.17. The van der Waals surface area contributed by atoms with E-state index >= 15 is 0 Å². The summed E-state index contributed by atoms with van der Waals surface area (Å²) in [5.74, 6) is -0.576. The van der Waals surface area contributed by atoms with Gasteiger partial charge in [0, 0.05) is 22.6 Å². The molecule has 0 aliphatic carbocycles. The van der Waals surface area contributed by atoms with E-state index in [-0.39, 0.29) is 25.1 Å². The summed E-state index contributed by atoms with van der Waals surface area (Å²) >= 11 is 3.34. The van der Waals surface area contributed by atoms with Gasteiger partial charge in [0.1, 0.15) is 17.6 Å². The molecule has 29 heavy (non-hydrogen) atoms. The van der Waals surface area contributed by atoms with Gasteiger partial charge >= 0.3 is 0 Å². The molecule has 2 aromatic rings. The number of nitrogens with one attached hydrogen (secondary N) is 1. The van der Waals surface area contributed by atoms with Crippen molar-refractivity contribution in [3.8, 4) is 5.75 Å². The molecule has 5 nitrogen and oxygen atoms in total. The van der Waals surface area contributed by atoms with E-state index in [9.17, 15) is 14.0 Å². The molecule has 0 aliphatic rings. The lowest BCUT2D eigenvalue weighted by atomic mass is 10.1. The predicted molar refractivity (Wildman–Crippen MR) is 114 cm³/mol. The number of nitrogens with zero attached hydrogens (tertiary/aromatic N) is 1.